The molecule has 0 radical (unpaired) electrons. The summed E-state index contributed by atoms with van der Waals surface area (Å²) < 4.78 is 27.1. The molecule has 0 spiro atoms. The van der Waals surface area contributed by atoms with Gasteiger partial charge in [-0.3, -0.25) is 4.68 Å². The van der Waals surface area contributed by atoms with Gasteiger partial charge in [-0.2, -0.15) is 5.10 Å². The molecule has 3 aromatic rings. The predicted octanol–water partition coefficient (Wildman–Crippen LogP) is 4.66. The average Bonchev–Trinajstić information content (AvgIpc) is 3.01. The Morgan fingerprint density at radius 1 is 1.00 bits per heavy atom. The molecule has 1 atom stereocenters. The van der Waals surface area contributed by atoms with Crippen molar-refractivity contribution in [1.82, 2.24) is 9.78 Å². The van der Waals surface area contributed by atoms with Gasteiger partial charge in [0.2, 0.25) is 0 Å². The van der Waals surface area contributed by atoms with Crippen LogP contribution in [0.15, 0.2) is 83.1 Å². The molecule has 3 rings (SSSR count). The van der Waals surface area contributed by atoms with Crippen molar-refractivity contribution in [3.63, 3.8) is 0 Å². The lowest BCUT2D eigenvalue weighted by Crippen LogP contribution is -2.12. The van der Waals surface area contributed by atoms with Crippen molar-refractivity contribution in [3.05, 3.63) is 95.2 Å². The van der Waals surface area contributed by atoms with E-state index in [1.807, 2.05) is 42.8 Å². The van der Waals surface area contributed by atoms with Crippen molar-refractivity contribution in [2.24, 2.45) is 0 Å². The third-order valence-electron chi connectivity index (χ3n) is 4.48. The second kappa shape index (κ2) is 8.35. The van der Waals surface area contributed by atoms with E-state index in [0.29, 0.717) is 4.90 Å². The van der Waals surface area contributed by atoms with E-state index in [1.54, 1.807) is 36.4 Å². The van der Waals surface area contributed by atoms with Crippen LogP contribution in [0.2, 0.25) is 0 Å². The third kappa shape index (κ3) is 4.95. The quantitative estimate of drug-likeness (QED) is 0.599. The maximum absolute atomic E-state index is 12.6. The SMILES string of the molecule is Cc1cc(C)n([C@H](/C=C/S(=O)(=O)c2ccccc2)CCc2ccccc2)n1. The molecule has 1 aromatic heterocycles. The fraction of sp³-hybridized carbons (Fsp3) is 0.227. The third-order valence-corrected chi connectivity index (χ3v) is 5.93. The van der Waals surface area contributed by atoms with Crippen LogP contribution < -0.4 is 0 Å². The Hall–Kier alpha value is -2.66. The van der Waals surface area contributed by atoms with E-state index in [-0.39, 0.29) is 6.04 Å². The normalized spacial score (nSPS) is 13.1. The van der Waals surface area contributed by atoms with E-state index in [9.17, 15) is 8.42 Å². The van der Waals surface area contributed by atoms with Gasteiger partial charge in [-0.15, -0.1) is 0 Å². The zero-order valence-electron chi connectivity index (χ0n) is 15.6. The molecule has 0 bridgehead atoms. The lowest BCUT2D eigenvalue weighted by Gasteiger charge is -2.16. The van der Waals surface area contributed by atoms with Gasteiger partial charge in [0.25, 0.3) is 0 Å². The maximum Gasteiger partial charge on any atom is 0.199 e. The van der Waals surface area contributed by atoms with Crippen LogP contribution in [-0.4, -0.2) is 18.2 Å². The number of rotatable bonds is 7. The summed E-state index contributed by atoms with van der Waals surface area (Å²) in [6, 6.07) is 20.6. The van der Waals surface area contributed by atoms with Crippen molar-refractivity contribution >= 4 is 9.84 Å². The monoisotopic (exact) mass is 380 g/mol. The molecule has 2 aromatic carbocycles. The number of benzene rings is 2. The first-order valence-electron chi connectivity index (χ1n) is 9.01. The van der Waals surface area contributed by atoms with Gasteiger partial charge in [0.05, 0.1) is 16.6 Å². The highest BCUT2D eigenvalue weighted by atomic mass is 32.2. The number of hydrogen-bond donors (Lipinski definition) is 0. The van der Waals surface area contributed by atoms with E-state index >= 15 is 0 Å². The highest BCUT2D eigenvalue weighted by Crippen LogP contribution is 2.21. The number of nitrogens with zero attached hydrogens (tertiary/aromatic N) is 2. The van der Waals surface area contributed by atoms with Crippen molar-refractivity contribution in [1.29, 1.82) is 0 Å². The molecule has 0 saturated carbocycles. The smallest absolute Gasteiger partial charge is 0.199 e. The summed E-state index contributed by atoms with van der Waals surface area (Å²) in [6.45, 7) is 3.94. The van der Waals surface area contributed by atoms with Crippen LogP contribution in [0.4, 0.5) is 0 Å². The number of sulfone groups is 1. The van der Waals surface area contributed by atoms with Crippen LogP contribution >= 0.6 is 0 Å². The summed E-state index contributed by atoms with van der Waals surface area (Å²) in [7, 11) is -3.47. The molecule has 0 N–H and O–H groups in total. The summed E-state index contributed by atoms with van der Waals surface area (Å²) >= 11 is 0. The van der Waals surface area contributed by atoms with Gasteiger partial charge >= 0.3 is 0 Å². The Morgan fingerprint density at radius 2 is 1.63 bits per heavy atom. The Kier molecular flexibility index (Phi) is 5.91. The highest BCUT2D eigenvalue weighted by molar-refractivity contribution is 7.94. The van der Waals surface area contributed by atoms with E-state index in [0.717, 1.165) is 24.2 Å². The van der Waals surface area contributed by atoms with Crippen LogP contribution in [0.1, 0.15) is 29.4 Å². The van der Waals surface area contributed by atoms with Crippen LogP contribution in [0, 0.1) is 13.8 Å². The molecular weight excluding hydrogens is 356 g/mol. The van der Waals surface area contributed by atoms with Crippen LogP contribution in [0.25, 0.3) is 0 Å². The molecule has 27 heavy (non-hydrogen) atoms. The topological polar surface area (TPSA) is 52.0 Å². The largest absolute Gasteiger partial charge is 0.263 e. The minimum Gasteiger partial charge on any atom is -0.263 e. The van der Waals surface area contributed by atoms with Crippen LogP contribution in [0.5, 0.6) is 0 Å². The second-order valence-corrected chi connectivity index (χ2v) is 8.48. The zero-order chi connectivity index (χ0) is 19.3. The molecule has 0 fully saturated rings. The highest BCUT2D eigenvalue weighted by Gasteiger charge is 2.15. The fourth-order valence-corrected chi connectivity index (χ4v) is 4.21. The van der Waals surface area contributed by atoms with Crippen LogP contribution in [-0.2, 0) is 16.3 Å². The zero-order valence-corrected chi connectivity index (χ0v) is 16.4. The van der Waals surface area contributed by atoms with Gasteiger partial charge in [0.1, 0.15) is 0 Å². The summed E-state index contributed by atoms with van der Waals surface area (Å²) in [6.07, 6.45) is 3.37. The van der Waals surface area contributed by atoms with Crippen molar-refractivity contribution in [3.8, 4) is 0 Å². The van der Waals surface area contributed by atoms with Gasteiger partial charge in [0.15, 0.2) is 9.84 Å². The van der Waals surface area contributed by atoms with E-state index in [2.05, 4.69) is 17.2 Å². The molecule has 0 aliphatic heterocycles. The lowest BCUT2D eigenvalue weighted by atomic mass is 10.1. The molecule has 140 valence electrons. The summed E-state index contributed by atoms with van der Waals surface area (Å²) in [5.74, 6) is 0. The van der Waals surface area contributed by atoms with E-state index in [1.165, 1.54) is 11.0 Å². The van der Waals surface area contributed by atoms with Gasteiger partial charge in [-0.25, -0.2) is 8.42 Å². The van der Waals surface area contributed by atoms with Gasteiger partial charge < -0.3 is 0 Å². The maximum atomic E-state index is 12.6. The Balaban J connectivity index is 1.86. The predicted molar refractivity (Wildman–Crippen MR) is 108 cm³/mol. The fourth-order valence-electron chi connectivity index (χ4n) is 3.12. The Bertz CT molecular complexity index is 1010. The summed E-state index contributed by atoms with van der Waals surface area (Å²) in [5.41, 5.74) is 3.17. The minimum absolute atomic E-state index is 0.127. The van der Waals surface area contributed by atoms with E-state index in [4.69, 9.17) is 0 Å². The molecule has 0 saturated heterocycles. The van der Waals surface area contributed by atoms with Crippen molar-refractivity contribution in [2.75, 3.05) is 0 Å². The summed E-state index contributed by atoms with van der Waals surface area (Å²) in [5, 5.41) is 5.88. The molecule has 4 nitrogen and oxygen atoms in total. The van der Waals surface area contributed by atoms with Gasteiger partial charge in [0, 0.05) is 11.1 Å². The standard InChI is InChI=1S/C22H24N2O2S/c1-18-17-19(2)24(23-18)21(14-13-20-9-5-3-6-10-20)15-16-27(25,26)22-11-7-4-8-12-22/h3-12,15-17,21H,13-14H2,1-2H3/b16-15+/t21-/m0/s1. The molecule has 1 heterocycles. The van der Waals surface area contributed by atoms with Crippen molar-refractivity contribution < 1.29 is 8.42 Å². The Labute approximate surface area is 161 Å². The molecular formula is C22H24N2O2S. The molecule has 0 aliphatic carbocycles. The Morgan fingerprint density at radius 3 is 2.22 bits per heavy atom. The first-order chi connectivity index (χ1) is 13.0. The number of aryl methyl sites for hydroxylation is 3. The van der Waals surface area contributed by atoms with Crippen LogP contribution in [0.3, 0.4) is 0 Å². The first kappa shape index (κ1) is 19.1. The van der Waals surface area contributed by atoms with Gasteiger partial charge in [-0.1, -0.05) is 48.5 Å². The lowest BCUT2D eigenvalue weighted by molar-refractivity contribution is 0.491. The molecule has 0 amide bonds. The van der Waals surface area contributed by atoms with E-state index < -0.39 is 9.84 Å². The number of hydrogen-bond acceptors (Lipinski definition) is 3. The molecule has 0 unspecified atom stereocenters. The number of aromatic nitrogens is 2. The average molecular weight is 381 g/mol. The van der Waals surface area contributed by atoms with Crippen molar-refractivity contribution in [2.45, 2.75) is 37.6 Å². The summed E-state index contributed by atoms with van der Waals surface area (Å²) in [4.78, 5) is 0.302. The second-order valence-electron chi connectivity index (χ2n) is 6.65. The van der Waals surface area contributed by atoms with Gasteiger partial charge in [-0.05, 0) is 56.5 Å². The minimum atomic E-state index is -3.47. The number of allylic oxidation sites excluding steroid dienone is 1. The molecule has 0 aliphatic rings. The first-order valence-corrected chi connectivity index (χ1v) is 10.6. The molecule has 5 heteroatoms.